The summed E-state index contributed by atoms with van der Waals surface area (Å²) >= 11 is 6.05. The molecule has 0 saturated carbocycles. The van der Waals surface area contributed by atoms with Gasteiger partial charge in [-0.05, 0) is 43.2 Å². The van der Waals surface area contributed by atoms with Gasteiger partial charge >= 0.3 is 6.03 Å². The summed E-state index contributed by atoms with van der Waals surface area (Å²) in [6, 6.07) is 23.2. The van der Waals surface area contributed by atoms with Crippen LogP contribution in [0.15, 0.2) is 77.9 Å². The second-order valence-corrected chi connectivity index (χ2v) is 7.76. The van der Waals surface area contributed by atoms with Crippen LogP contribution in [0, 0.1) is 13.8 Å². The van der Waals surface area contributed by atoms with Gasteiger partial charge in [-0.25, -0.2) is 9.80 Å². The monoisotopic (exact) mass is 403 g/mol. The number of benzene rings is 3. The lowest BCUT2D eigenvalue weighted by Gasteiger charge is -2.22. The van der Waals surface area contributed by atoms with Crippen LogP contribution < -0.4 is 5.32 Å². The summed E-state index contributed by atoms with van der Waals surface area (Å²) < 4.78 is 0. The van der Waals surface area contributed by atoms with E-state index in [1.807, 2.05) is 6.07 Å². The molecular weight excluding hydrogens is 382 g/mol. The first kappa shape index (κ1) is 19.2. The molecule has 3 aromatic rings. The van der Waals surface area contributed by atoms with Gasteiger partial charge in [0.2, 0.25) is 0 Å². The van der Waals surface area contributed by atoms with Crippen LogP contribution in [0.3, 0.4) is 0 Å². The summed E-state index contributed by atoms with van der Waals surface area (Å²) in [4.78, 5) is 13.1. The Kier molecular flexibility index (Phi) is 5.36. The van der Waals surface area contributed by atoms with Crippen molar-refractivity contribution in [3.8, 4) is 0 Å². The van der Waals surface area contributed by atoms with Gasteiger partial charge in [-0.1, -0.05) is 77.3 Å². The van der Waals surface area contributed by atoms with Crippen LogP contribution >= 0.6 is 11.6 Å². The minimum atomic E-state index is -0.278. The first-order valence-electron chi connectivity index (χ1n) is 9.56. The highest BCUT2D eigenvalue weighted by Gasteiger charge is 2.33. The van der Waals surface area contributed by atoms with Gasteiger partial charge in [0.25, 0.3) is 0 Å². The van der Waals surface area contributed by atoms with E-state index in [4.69, 9.17) is 16.7 Å². The zero-order chi connectivity index (χ0) is 20.4. The van der Waals surface area contributed by atoms with Crippen molar-refractivity contribution in [2.75, 3.05) is 5.32 Å². The van der Waals surface area contributed by atoms with E-state index in [0.717, 1.165) is 16.8 Å². The van der Waals surface area contributed by atoms with E-state index in [0.29, 0.717) is 17.1 Å². The lowest BCUT2D eigenvalue weighted by atomic mass is 9.97. The summed E-state index contributed by atoms with van der Waals surface area (Å²) in [6.45, 7) is 4.11. The van der Waals surface area contributed by atoms with Crippen LogP contribution in [0.1, 0.15) is 34.7 Å². The number of hydrogen-bond acceptors (Lipinski definition) is 2. The van der Waals surface area contributed by atoms with Gasteiger partial charge in [0, 0.05) is 17.1 Å². The smallest absolute Gasteiger partial charge is 0.306 e. The molecule has 1 aliphatic rings. The summed E-state index contributed by atoms with van der Waals surface area (Å²) in [5, 5.41) is 9.72. The molecule has 0 aliphatic carbocycles. The van der Waals surface area contributed by atoms with Crippen molar-refractivity contribution in [2.24, 2.45) is 5.10 Å². The predicted molar refractivity (Wildman–Crippen MR) is 119 cm³/mol. The lowest BCUT2D eigenvalue weighted by molar-refractivity contribution is 0.200. The lowest BCUT2D eigenvalue weighted by Crippen LogP contribution is -2.31. The highest BCUT2D eigenvalue weighted by Crippen LogP contribution is 2.33. The molecule has 0 saturated heterocycles. The van der Waals surface area contributed by atoms with Gasteiger partial charge in [0.15, 0.2) is 0 Å². The van der Waals surface area contributed by atoms with Crippen LogP contribution in [0.25, 0.3) is 0 Å². The molecular formula is C24H22ClN3O. The Balaban J connectivity index is 1.65. The average Bonchev–Trinajstić information content (AvgIpc) is 3.15. The SMILES string of the molecule is Cc1ccc(C2=NN(C(=O)Nc3cccc(Cl)c3)[C@@H](c3ccc(C)cc3)C2)cc1. The summed E-state index contributed by atoms with van der Waals surface area (Å²) in [5.41, 5.74) is 6.01. The number of aryl methyl sites for hydroxylation is 2. The maximum absolute atomic E-state index is 13.1. The van der Waals surface area contributed by atoms with Crippen molar-refractivity contribution in [2.45, 2.75) is 26.3 Å². The third kappa shape index (κ3) is 4.33. The van der Waals surface area contributed by atoms with E-state index in [1.165, 1.54) is 11.1 Å². The third-order valence-corrected chi connectivity index (χ3v) is 5.28. The molecule has 1 atom stereocenters. The Hall–Kier alpha value is -3.11. The Morgan fingerprint density at radius 2 is 1.66 bits per heavy atom. The van der Waals surface area contributed by atoms with Crippen molar-refractivity contribution in [3.05, 3.63) is 100 Å². The molecule has 1 heterocycles. The Morgan fingerprint density at radius 1 is 1.00 bits per heavy atom. The molecule has 0 fully saturated rings. The fourth-order valence-electron chi connectivity index (χ4n) is 3.41. The van der Waals surface area contributed by atoms with Crippen LogP contribution in [0.5, 0.6) is 0 Å². The molecule has 0 unspecified atom stereocenters. The molecule has 3 aromatic carbocycles. The third-order valence-electron chi connectivity index (χ3n) is 5.04. The van der Waals surface area contributed by atoms with E-state index in [-0.39, 0.29) is 12.1 Å². The molecule has 2 amide bonds. The van der Waals surface area contributed by atoms with Crippen LogP contribution in [0.2, 0.25) is 5.02 Å². The largest absolute Gasteiger partial charge is 0.342 e. The molecule has 1 N–H and O–H groups in total. The maximum atomic E-state index is 13.1. The molecule has 4 rings (SSSR count). The number of nitrogens with zero attached hydrogens (tertiary/aromatic N) is 2. The summed E-state index contributed by atoms with van der Waals surface area (Å²) in [7, 11) is 0. The minimum absolute atomic E-state index is 0.161. The second-order valence-electron chi connectivity index (χ2n) is 7.33. The first-order valence-corrected chi connectivity index (χ1v) is 9.94. The topological polar surface area (TPSA) is 44.7 Å². The van der Waals surface area contributed by atoms with E-state index < -0.39 is 0 Å². The first-order chi connectivity index (χ1) is 14.0. The molecule has 0 aromatic heterocycles. The number of carbonyl (C=O) groups excluding carboxylic acids is 1. The van der Waals surface area contributed by atoms with Crippen molar-refractivity contribution in [3.63, 3.8) is 0 Å². The Bertz CT molecular complexity index is 1060. The van der Waals surface area contributed by atoms with Crippen molar-refractivity contribution in [1.29, 1.82) is 0 Å². The van der Waals surface area contributed by atoms with Crippen LogP contribution in [0.4, 0.5) is 10.5 Å². The number of anilines is 1. The number of amides is 2. The van der Waals surface area contributed by atoms with Gasteiger partial charge < -0.3 is 5.32 Å². The second kappa shape index (κ2) is 8.10. The molecule has 5 heteroatoms. The van der Waals surface area contributed by atoms with E-state index in [2.05, 4.69) is 67.7 Å². The standard InChI is InChI=1S/C24H22ClN3O/c1-16-6-10-18(11-7-16)22-15-23(19-12-8-17(2)9-13-19)28(27-22)24(29)26-21-5-3-4-20(25)14-21/h3-14,23H,15H2,1-2H3,(H,26,29)/t23-/m1/s1. The van der Waals surface area contributed by atoms with Crippen molar-refractivity contribution < 1.29 is 4.79 Å². The van der Waals surface area contributed by atoms with Crippen LogP contribution in [-0.2, 0) is 0 Å². The number of nitrogens with one attached hydrogen (secondary N) is 1. The number of carbonyl (C=O) groups is 1. The van der Waals surface area contributed by atoms with E-state index >= 15 is 0 Å². The molecule has 4 nitrogen and oxygen atoms in total. The Morgan fingerprint density at radius 3 is 2.31 bits per heavy atom. The maximum Gasteiger partial charge on any atom is 0.342 e. The zero-order valence-corrected chi connectivity index (χ0v) is 17.1. The zero-order valence-electron chi connectivity index (χ0n) is 16.4. The molecule has 1 aliphatic heterocycles. The van der Waals surface area contributed by atoms with Gasteiger partial charge in [-0.15, -0.1) is 0 Å². The highest BCUT2D eigenvalue weighted by atomic mass is 35.5. The quantitative estimate of drug-likeness (QED) is 0.544. The molecule has 0 bridgehead atoms. The predicted octanol–water partition coefficient (Wildman–Crippen LogP) is 6.34. The highest BCUT2D eigenvalue weighted by molar-refractivity contribution is 6.30. The number of hydrazone groups is 1. The average molecular weight is 404 g/mol. The fourth-order valence-corrected chi connectivity index (χ4v) is 3.60. The van der Waals surface area contributed by atoms with E-state index in [9.17, 15) is 4.79 Å². The van der Waals surface area contributed by atoms with Gasteiger partial charge in [0.1, 0.15) is 0 Å². The normalized spacial score (nSPS) is 15.9. The number of halogens is 1. The molecule has 0 spiro atoms. The van der Waals surface area contributed by atoms with Crippen LogP contribution in [-0.4, -0.2) is 16.8 Å². The summed E-state index contributed by atoms with van der Waals surface area (Å²) in [6.07, 6.45) is 0.662. The van der Waals surface area contributed by atoms with E-state index in [1.54, 1.807) is 23.2 Å². The summed E-state index contributed by atoms with van der Waals surface area (Å²) in [5.74, 6) is 0. The molecule has 0 radical (unpaired) electrons. The van der Waals surface area contributed by atoms with Crippen molar-refractivity contribution in [1.82, 2.24) is 5.01 Å². The number of rotatable bonds is 3. The molecule has 29 heavy (non-hydrogen) atoms. The minimum Gasteiger partial charge on any atom is -0.306 e. The molecule has 146 valence electrons. The fraction of sp³-hybridized carbons (Fsp3) is 0.167. The number of urea groups is 1. The van der Waals surface area contributed by atoms with Gasteiger partial charge in [-0.2, -0.15) is 5.10 Å². The Labute approximate surface area is 175 Å². The van der Waals surface area contributed by atoms with Gasteiger partial charge in [-0.3, -0.25) is 0 Å². The van der Waals surface area contributed by atoms with Crippen molar-refractivity contribution >= 4 is 29.0 Å². The van der Waals surface area contributed by atoms with Gasteiger partial charge in [0.05, 0.1) is 11.8 Å². The number of hydrogen-bond donors (Lipinski definition) is 1.